The molecule has 0 saturated heterocycles. The normalized spacial score (nSPS) is 13.4. The standard InChI is InChI=1S/C2H4O6S.Na/c3-1(4)2(5)9(6,7)8;/h2,5H,(H,3,4)(H,6,7,8);/q;+1. The van der Waals surface area contributed by atoms with Crippen molar-refractivity contribution >= 4 is 16.1 Å². The number of carbonyl (C=O) groups is 1. The topological polar surface area (TPSA) is 117 Å². The molecule has 0 fully saturated rings. The van der Waals surface area contributed by atoms with E-state index >= 15 is 0 Å². The average molecular weight is 179 g/mol. The molecule has 8 heteroatoms. The molecule has 0 amide bonds. The van der Waals surface area contributed by atoms with Crippen LogP contribution in [0.1, 0.15) is 0 Å². The van der Waals surface area contributed by atoms with Crippen molar-refractivity contribution in [2.24, 2.45) is 0 Å². The SMILES string of the molecule is O=C([O-])C(O)S(=O)(=O)[OH2+].[Na+]. The molecule has 0 radical (unpaired) electrons. The van der Waals surface area contributed by atoms with Gasteiger partial charge in [-0.1, -0.05) is 0 Å². The summed E-state index contributed by atoms with van der Waals surface area (Å²) in [5.41, 5.74) is -2.74. The molecule has 54 valence electrons. The Morgan fingerprint density at radius 1 is 1.60 bits per heavy atom. The Labute approximate surface area is 78.9 Å². The summed E-state index contributed by atoms with van der Waals surface area (Å²) in [5.74, 6) is -2.19. The van der Waals surface area contributed by atoms with Crippen LogP contribution >= 0.6 is 0 Å². The van der Waals surface area contributed by atoms with Crippen molar-refractivity contribution in [1.29, 1.82) is 0 Å². The van der Waals surface area contributed by atoms with Gasteiger partial charge in [0.05, 0.1) is 5.97 Å². The van der Waals surface area contributed by atoms with Gasteiger partial charge < -0.3 is 19.6 Å². The van der Waals surface area contributed by atoms with Crippen LogP contribution in [0.5, 0.6) is 0 Å². The quantitative estimate of drug-likeness (QED) is 0.334. The number of aliphatic hydroxyl groups is 1. The fourth-order valence-corrected chi connectivity index (χ4v) is 0.380. The first kappa shape index (κ1) is 13.0. The van der Waals surface area contributed by atoms with Gasteiger partial charge in [0.2, 0.25) is 0 Å². The van der Waals surface area contributed by atoms with E-state index in [1.807, 2.05) is 0 Å². The molecule has 6 nitrogen and oxygen atoms in total. The van der Waals surface area contributed by atoms with Crippen LogP contribution in [-0.2, 0) is 14.9 Å². The Morgan fingerprint density at radius 3 is 1.90 bits per heavy atom. The third-order valence-electron chi connectivity index (χ3n) is 0.496. The fraction of sp³-hybridized carbons (Fsp3) is 0.500. The van der Waals surface area contributed by atoms with Crippen molar-refractivity contribution in [3.63, 3.8) is 0 Å². The van der Waals surface area contributed by atoms with Crippen molar-refractivity contribution < 1.29 is 57.5 Å². The molecule has 0 aromatic heterocycles. The van der Waals surface area contributed by atoms with Crippen LogP contribution < -0.4 is 34.7 Å². The van der Waals surface area contributed by atoms with E-state index in [4.69, 9.17) is 9.66 Å². The maximum Gasteiger partial charge on any atom is 1.00 e. The Morgan fingerprint density at radius 2 is 1.90 bits per heavy atom. The molecule has 1 atom stereocenters. The zero-order chi connectivity index (χ0) is 7.65. The van der Waals surface area contributed by atoms with Gasteiger partial charge in [0.15, 0.2) is 0 Å². The average Bonchev–Trinajstić information content (AvgIpc) is 1.62. The van der Waals surface area contributed by atoms with E-state index in [9.17, 15) is 18.3 Å². The minimum Gasteiger partial charge on any atom is -0.546 e. The largest absolute Gasteiger partial charge is 1.00 e. The van der Waals surface area contributed by atoms with Crippen LogP contribution in [-0.4, -0.2) is 29.5 Å². The monoisotopic (exact) mass is 179 g/mol. The molecule has 0 saturated carbocycles. The summed E-state index contributed by atoms with van der Waals surface area (Å²) in [6.07, 6.45) is 0. The molecule has 0 aliphatic heterocycles. The number of hydrogen-bond acceptors (Lipinski definition) is 5. The van der Waals surface area contributed by atoms with Crippen LogP contribution in [0.4, 0.5) is 0 Å². The maximum atomic E-state index is 9.77. The minimum absolute atomic E-state index is 0. The second-order valence-electron chi connectivity index (χ2n) is 1.22. The first-order valence-electron chi connectivity index (χ1n) is 1.73. The van der Waals surface area contributed by atoms with Gasteiger partial charge in [-0.3, -0.25) is 0 Å². The van der Waals surface area contributed by atoms with Crippen LogP contribution in [0.15, 0.2) is 0 Å². The molecule has 0 heterocycles. The minimum atomic E-state index is -4.66. The van der Waals surface area contributed by atoms with Gasteiger partial charge >= 0.3 is 39.7 Å². The van der Waals surface area contributed by atoms with Gasteiger partial charge in [0.25, 0.3) is 5.44 Å². The van der Waals surface area contributed by atoms with E-state index in [0.717, 1.165) is 0 Å². The number of carbonyl (C=O) groups excluding carboxylic acids is 1. The first-order chi connectivity index (χ1) is 3.85. The predicted molar refractivity (Wildman–Crippen MR) is 23.5 cm³/mol. The van der Waals surface area contributed by atoms with Gasteiger partial charge in [-0.15, -0.1) is 0 Å². The van der Waals surface area contributed by atoms with E-state index in [2.05, 4.69) is 0 Å². The number of carboxylic acid groups (broad SMARTS) is 1. The number of aliphatic hydroxyl groups excluding tert-OH is 1. The third-order valence-corrected chi connectivity index (χ3v) is 1.28. The molecular weight excluding hydrogens is 175 g/mol. The Hall–Kier alpha value is 0.340. The molecule has 0 aliphatic rings. The Bertz CT molecular complexity index is 206. The van der Waals surface area contributed by atoms with E-state index in [-0.39, 0.29) is 29.6 Å². The molecule has 0 aliphatic carbocycles. The van der Waals surface area contributed by atoms with Crippen LogP contribution in [0.25, 0.3) is 0 Å². The predicted octanol–water partition coefficient (Wildman–Crippen LogP) is -6.89. The summed E-state index contributed by atoms with van der Waals surface area (Å²) < 4.78 is 25.5. The van der Waals surface area contributed by atoms with E-state index in [1.54, 1.807) is 0 Å². The van der Waals surface area contributed by atoms with Crippen molar-refractivity contribution in [3.05, 3.63) is 0 Å². The van der Waals surface area contributed by atoms with E-state index < -0.39 is 21.5 Å². The van der Waals surface area contributed by atoms with Crippen molar-refractivity contribution in [2.45, 2.75) is 5.44 Å². The maximum absolute atomic E-state index is 9.77. The van der Waals surface area contributed by atoms with Gasteiger partial charge in [-0.05, 0) is 0 Å². The zero-order valence-electron chi connectivity index (χ0n) is 5.07. The van der Waals surface area contributed by atoms with Gasteiger partial charge in [-0.25, -0.2) is 0 Å². The molecule has 10 heavy (non-hydrogen) atoms. The summed E-state index contributed by atoms with van der Waals surface area (Å²) in [7, 11) is -4.66. The Balaban J connectivity index is 0. The van der Waals surface area contributed by atoms with Crippen LogP contribution in [0.3, 0.4) is 0 Å². The number of carboxylic acids is 1. The van der Waals surface area contributed by atoms with E-state index in [1.165, 1.54) is 0 Å². The molecule has 0 rings (SSSR count). The van der Waals surface area contributed by atoms with Gasteiger partial charge in [0.1, 0.15) is 0 Å². The van der Waals surface area contributed by atoms with Crippen LogP contribution in [0.2, 0.25) is 0 Å². The molecular formula is C2H4NaO6S+. The molecule has 1 unspecified atom stereocenters. The van der Waals surface area contributed by atoms with Gasteiger partial charge in [0, 0.05) is 0 Å². The summed E-state index contributed by atoms with van der Waals surface area (Å²) in [6.45, 7) is 0. The second kappa shape index (κ2) is 4.27. The van der Waals surface area contributed by atoms with E-state index in [0.29, 0.717) is 0 Å². The third kappa shape index (κ3) is 4.20. The molecule has 0 spiro atoms. The summed E-state index contributed by atoms with van der Waals surface area (Å²) in [5, 5.41) is 17.5. The number of rotatable bonds is 2. The Kier molecular flexibility index (Phi) is 5.53. The molecule has 3 N–H and O–H groups in total. The summed E-state index contributed by atoms with van der Waals surface area (Å²) >= 11 is 0. The van der Waals surface area contributed by atoms with Crippen molar-refractivity contribution in [1.82, 2.24) is 0 Å². The number of hydrogen-bond donors (Lipinski definition) is 1. The first-order valence-corrected chi connectivity index (χ1v) is 3.27. The summed E-state index contributed by atoms with van der Waals surface area (Å²) in [4.78, 5) is 9.49. The number of aliphatic carboxylic acids is 1. The van der Waals surface area contributed by atoms with Gasteiger partial charge in [-0.2, -0.15) is 8.42 Å². The smallest absolute Gasteiger partial charge is 0.546 e. The molecule has 0 aromatic carbocycles. The van der Waals surface area contributed by atoms with Crippen molar-refractivity contribution in [2.75, 3.05) is 0 Å². The molecule has 0 bridgehead atoms. The zero-order valence-corrected chi connectivity index (χ0v) is 7.88. The molecule has 0 aromatic rings. The van der Waals surface area contributed by atoms with Crippen molar-refractivity contribution in [3.8, 4) is 0 Å². The fourth-order valence-electron chi connectivity index (χ4n) is 0.127. The summed E-state index contributed by atoms with van der Waals surface area (Å²) in [6, 6.07) is 0. The van der Waals surface area contributed by atoms with Crippen LogP contribution in [0, 0.1) is 0 Å². The second-order valence-corrected chi connectivity index (χ2v) is 2.75.